The highest BCUT2D eigenvalue weighted by atomic mass is 15.3. The lowest BCUT2D eigenvalue weighted by Gasteiger charge is -2.19. The molecule has 2 heteroatoms. The molecule has 0 aromatic carbocycles. The van der Waals surface area contributed by atoms with Crippen LogP contribution in [0.1, 0.15) is 26.2 Å². The SMILES string of the molecule is CNC1CC(C)N(C2CC2)C1. The first-order valence-corrected chi connectivity index (χ1v) is 4.74. The van der Waals surface area contributed by atoms with E-state index in [1.54, 1.807) is 0 Å². The molecule has 2 unspecified atom stereocenters. The molecule has 0 aromatic heterocycles. The molecule has 0 bridgehead atoms. The Morgan fingerprint density at radius 1 is 1.36 bits per heavy atom. The Balaban J connectivity index is 1.90. The van der Waals surface area contributed by atoms with Gasteiger partial charge in [-0.3, -0.25) is 4.90 Å². The molecule has 1 saturated carbocycles. The molecule has 2 nitrogen and oxygen atoms in total. The lowest BCUT2D eigenvalue weighted by molar-refractivity contribution is 0.255. The Bertz CT molecular complexity index is 142. The number of rotatable bonds is 2. The third-order valence-electron chi connectivity index (χ3n) is 3.05. The molecule has 11 heavy (non-hydrogen) atoms. The molecular weight excluding hydrogens is 136 g/mol. The van der Waals surface area contributed by atoms with Crippen molar-refractivity contribution < 1.29 is 0 Å². The van der Waals surface area contributed by atoms with E-state index in [-0.39, 0.29) is 0 Å². The molecular formula is C9H18N2. The van der Waals surface area contributed by atoms with Gasteiger partial charge < -0.3 is 5.32 Å². The summed E-state index contributed by atoms with van der Waals surface area (Å²) in [5, 5.41) is 3.37. The highest BCUT2D eigenvalue weighted by Gasteiger charge is 2.37. The second kappa shape index (κ2) is 2.76. The van der Waals surface area contributed by atoms with E-state index in [9.17, 15) is 0 Å². The summed E-state index contributed by atoms with van der Waals surface area (Å²) in [4.78, 5) is 2.67. The predicted octanol–water partition coefficient (Wildman–Crippen LogP) is 0.831. The molecule has 0 amide bonds. The minimum absolute atomic E-state index is 0.755. The molecule has 0 spiro atoms. The number of nitrogens with one attached hydrogen (secondary N) is 1. The average molecular weight is 154 g/mol. The van der Waals surface area contributed by atoms with Gasteiger partial charge in [-0.05, 0) is 33.2 Å². The van der Waals surface area contributed by atoms with Gasteiger partial charge in [0.05, 0.1) is 0 Å². The number of likely N-dealkylation sites (tertiary alicyclic amines) is 1. The molecule has 2 atom stereocenters. The Morgan fingerprint density at radius 3 is 2.55 bits per heavy atom. The summed E-state index contributed by atoms with van der Waals surface area (Å²) >= 11 is 0. The molecule has 0 aromatic rings. The van der Waals surface area contributed by atoms with Crippen molar-refractivity contribution >= 4 is 0 Å². The van der Waals surface area contributed by atoms with Crippen molar-refractivity contribution in [3.8, 4) is 0 Å². The lowest BCUT2D eigenvalue weighted by atomic mass is 10.2. The van der Waals surface area contributed by atoms with E-state index in [4.69, 9.17) is 0 Å². The van der Waals surface area contributed by atoms with Gasteiger partial charge in [0.1, 0.15) is 0 Å². The van der Waals surface area contributed by atoms with Crippen molar-refractivity contribution in [3.63, 3.8) is 0 Å². The summed E-state index contributed by atoms with van der Waals surface area (Å²) in [5.74, 6) is 0. The summed E-state index contributed by atoms with van der Waals surface area (Å²) in [5.41, 5.74) is 0. The molecule has 1 aliphatic heterocycles. The fraction of sp³-hybridized carbons (Fsp3) is 1.00. The van der Waals surface area contributed by atoms with Gasteiger partial charge in [0.2, 0.25) is 0 Å². The number of hydrogen-bond donors (Lipinski definition) is 1. The largest absolute Gasteiger partial charge is 0.316 e. The van der Waals surface area contributed by atoms with Crippen molar-refractivity contribution in [2.45, 2.75) is 44.3 Å². The van der Waals surface area contributed by atoms with Crippen LogP contribution in [0.15, 0.2) is 0 Å². The molecule has 2 aliphatic rings. The summed E-state index contributed by atoms with van der Waals surface area (Å²) < 4.78 is 0. The van der Waals surface area contributed by atoms with Crippen LogP contribution in [0.2, 0.25) is 0 Å². The fourth-order valence-corrected chi connectivity index (χ4v) is 2.18. The Labute approximate surface area is 69.0 Å². The Hall–Kier alpha value is -0.0800. The first-order chi connectivity index (χ1) is 5.31. The second-order valence-electron chi connectivity index (χ2n) is 4.00. The monoisotopic (exact) mass is 154 g/mol. The van der Waals surface area contributed by atoms with Crippen LogP contribution in [0.5, 0.6) is 0 Å². The first kappa shape index (κ1) is 7.56. The van der Waals surface area contributed by atoms with Gasteiger partial charge in [-0.25, -0.2) is 0 Å². The van der Waals surface area contributed by atoms with Crippen LogP contribution in [0.3, 0.4) is 0 Å². The van der Waals surface area contributed by atoms with Crippen LogP contribution < -0.4 is 5.32 Å². The smallest absolute Gasteiger partial charge is 0.0207 e. The number of nitrogens with zero attached hydrogens (tertiary/aromatic N) is 1. The van der Waals surface area contributed by atoms with Crippen LogP contribution in [-0.4, -0.2) is 36.6 Å². The Kier molecular flexibility index (Phi) is 1.90. The molecule has 2 rings (SSSR count). The molecule has 1 N–H and O–H groups in total. The standard InChI is InChI=1S/C9H18N2/c1-7-5-8(10-2)6-11(7)9-3-4-9/h7-10H,3-6H2,1-2H3. The third-order valence-corrected chi connectivity index (χ3v) is 3.05. The molecule has 2 fully saturated rings. The molecule has 1 heterocycles. The minimum Gasteiger partial charge on any atom is -0.316 e. The van der Waals surface area contributed by atoms with Gasteiger partial charge in [0.25, 0.3) is 0 Å². The van der Waals surface area contributed by atoms with Crippen LogP contribution >= 0.6 is 0 Å². The highest BCUT2D eigenvalue weighted by molar-refractivity contribution is 4.95. The van der Waals surface area contributed by atoms with Crippen LogP contribution in [-0.2, 0) is 0 Å². The van der Waals surface area contributed by atoms with Crippen molar-refractivity contribution in [2.24, 2.45) is 0 Å². The lowest BCUT2D eigenvalue weighted by Crippen LogP contribution is -2.32. The third kappa shape index (κ3) is 1.42. The van der Waals surface area contributed by atoms with Crippen LogP contribution in [0.25, 0.3) is 0 Å². The maximum atomic E-state index is 3.37. The number of likely N-dealkylation sites (N-methyl/N-ethyl adjacent to an activating group) is 1. The van der Waals surface area contributed by atoms with Crippen LogP contribution in [0, 0.1) is 0 Å². The topological polar surface area (TPSA) is 15.3 Å². The zero-order chi connectivity index (χ0) is 7.84. The molecule has 1 saturated heterocycles. The van der Waals surface area contributed by atoms with Gasteiger partial charge in [-0.1, -0.05) is 0 Å². The van der Waals surface area contributed by atoms with E-state index in [1.807, 2.05) is 0 Å². The van der Waals surface area contributed by atoms with Crippen molar-refractivity contribution in [2.75, 3.05) is 13.6 Å². The van der Waals surface area contributed by atoms with Gasteiger partial charge >= 0.3 is 0 Å². The maximum absolute atomic E-state index is 3.37. The summed E-state index contributed by atoms with van der Waals surface area (Å²) in [6.45, 7) is 3.64. The van der Waals surface area contributed by atoms with Gasteiger partial charge in [-0.15, -0.1) is 0 Å². The highest BCUT2D eigenvalue weighted by Crippen LogP contribution is 2.32. The fourth-order valence-electron chi connectivity index (χ4n) is 2.18. The van der Waals surface area contributed by atoms with Gasteiger partial charge in [-0.2, -0.15) is 0 Å². The van der Waals surface area contributed by atoms with Gasteiger partial charge in [0, 0.05) is 24.7 Å². The van der Waals surface area contributed by atoms with E-state index >= 15 is 0 Å². The van der Waals surface area contributed by atoms with Crippen molar-refractivity contribution in [1.29, 1.82) is 0 Å². The average Bonchev–Trinajstić information content (AvgIpc) is 2.76. The molecule has 1 aliphatic carbocycles. The quantitative estimate of drug-likeness (QED) is 0.634. The van der Waals surface area contributed by atoms with E-state index in [2.05, 4.69) is 24.2 Å². The summed E-state index contributed by atoms with van der Waals surface area (Å²) in [6.07, 6.45) is 4.23. The predicted molar refractivity (Wildman–Crippen MR) is 46.7 cm³/mol. The van der Waals surface area contributed by atoms with E-state index in [0.717, 1.165) is 18.1 Å². The van der Waals surface area contributed by atoms with E-state index < -0.39 is 0 Å². The van der Waals surface area contributed by atoms with Crippen LogP contribution in [0.4, 0.5) is 0 Å². The van der Waals surface area contributed by atoms with E-state index in [0.29, 0.717) is 0 Å². The number of hydrogen-bond acceptors (Lipinski definition) is 2. The van der Waals surface area contributed by atoms with Gasteiger partial charge in [0.15, 0.2) is 0 Å². The van der Waals surface area contributed by atoms with Crippen molar-refractivity contribution in [1.82, 2.24) is 10.2 Å². The summed E-state index contributed by atoms with van der Waals surface area (Å²) in [6, 6.07) is 2.52. The Morgan fingerprint density at radius 2 is 2.09 bits per heavy atom. The zero-order valence-electron chi connectivity index (χ0n) is 7.51. The maximum Gasteiger partial charge on any atom is 0.0207 e. The zero-order valence-corrected chi connectivity index (χ0v) is 7.51. The van der Waals surface area contributed by atoms with E-state index in [1.165, 1.54) is 25.8 Å². The first-order valence-electron chi connectivity index (χ1n) is 4.74. The summed E-state index contributed by atoms with van der Waals surface area (Å²) in [7, 11) is 2.08. The normalized spacial score (nSPS) is 39.8. The molecule has 0 radical (unpaired) electrons. The minimum atomic E-state index is 0.755. The van der Waals surface area contributed by atoms with Crippen molar-refractivity contribution in [3.05, 3.63) is 0 Å². The second-order valence-corrected chi connectivity index (χ2v) is 4.00. The molecule has 64 valence electrons.